The maximum atomic E-state index is 13.8. The Morgan fingerprint density at radius 3 is 2.62 bits per heavy atom. The number of benzene rings is 2. The summed E-state index contributed by atoms with van der Waals surface area (Å²) in [6.45, 7) is 5.19. The largest absolute Gasteiger partial charge is 0.459 e. The molecule has 3 heterocycles. The number of esters is 1. The van der Waals surface area contributed by atoms with E-state index in [-0.39, 0.29) is 17.4 Å². The molecule has 1 atom stereocenters. The summed E-state index contributed by atoms with van der Waals surface area (Å²) in [5, 5.41) is 11.8. The quantitative estimate of drug-likeness (QED) is 0.185. The predicted octanol–water partition coefficient (Wildman–Crippen LogP) is 5.01. The average Bonchev–Trinajstić information content (AvgIpc) is 3.47. The number of fused-ring (bicyclic) bond motifs is 1. The van der Waals surface area contributed by atoms with Crippen molar-refractivity contribution in [2.75, 3.05) is 0 Å². The third-order valence-electron chi connectivity index (χ3n) is 6.05. The van der Waals surface area contributed by atoms with Gasteiger partial charge in [0.1, 0.15) is 17.6 Å². The van der Waals surface area contributed by atoms with Crippen LogP contribution >= 0.6 is 22.9 Å². The topological polar surface area (TPSA) is 117 Å². The van der Waals surface area contributed by atoms with Gasteiger partial charge in [-0.1, -0.05) is 53.3 Å². The van der Waals surface area contributed by atoms with E-state index in [1.165, 1.54) is 10.6 Å². The van der Waals surface area contributed by atoms with E-state index in [4.69, 9.17) is 20.8 Å². The zero-order valence-corrected chi connectivity index (χ0v) is 22.7. The van der Waals surface area contributed by atoms with Gasteiger partial charge in [0.05, 0.1) is 32.4 Å². The smallest absolute Gasteiger partial charge is 0.338 e. The van der Waals surface area contributed by atoms with Crippen LogP contribution < -0.4 is 14.9 Å². The van der Waals surface area contributed by atoms with Gasteiger partial charge in [0.25, 0.3) is 11.2 Å². The number of halogens is 1. The highest BCUT2D eigenvalue weighted by Gasteiger charge is 2.34. The minimum Gasteiger partial charge on any atom is -0.459 e. The van der Waals surface area contributed by atoms with Gasteiger partial charge >= 0.3 is 5.97 Å². The molecule has 0 N–H and O–H groups in total. The van der Waals surface area contributed by atoms with Crippen molar-refractivity contribution in [3.05, 3.63) is 118 Å². The highest BCUT2D eigenvalue weighted by atomic mass is 35.5. The molecule has 0 saturated carbocycles. The number of hydrogen-bond acceptors (Lipinski definition) is 8. The lowest BCUT2D eigenvalue weighted by Crippen LogP contribution is -2.40. The highest BCUT2D eigenvalue weighted by molar-refractivity contribution is 7.07. The van der Waals surface area contributed by atoms with E-state index in [1.807, 2.05) is 0 Å². The first kappa shape index (κ1) is 26.3. The lowest BCUT2D eigenvalue weighted by atomic mass is 9.96. The molecule has 4 aromatic rings. The number of rotatable bonds is 6. The van der Waals surface area contributed by atoms with E-state index in [0.29, 0.717) is 42.7 Å². The Morgan fingerprint density at radius 1 is 1.18 bits per heavy atom. The molecule has 1 unspecified atom stereocenters. The van der Waals surface area contributed by atoms with Crippen LogP contribution in [0.3, 0.4) is 0 Å². The molecule has 0 radical (unpaired) electrons. The van der Waals surface area contributed by atoms with Gasteiger partial charge in [-0.3, -0.25) is 19.5 Å². The van der Waals surface area contributed by atoms with E-state index >= 15 is 0 Å². The number of hydrogen-bond donors (Lipinski definition) is 0. The number of carbonyl (C=O) groups excluding carboxylic acids is 1. The molecule has 2 aromatic heterocycles. The molecule has 0 amide bonds. The van der Waals surface area contributed by atoms with Crippen molar-refractivity contribution >= 4 is 40.7 Å². The van der Waals surface area contributed by atoms with Gasteiger partial charge in [0, 0.05) is 17.2 Å². The van der Waals surface area contributed by atoms with Gasteiger partial charge in [0.15, 0.2) is 4.80 Å². The van der Waals surface area contributed by atoms with Gasteiger partial charge in [-0.15, -0.1) is 0 Å². The van der Waals surface area contributed by atoms with Gasteiger partial charge in [-0.25, -0.2) is 9.79 Å². The second kappa shape index (κ2) is 10.5. The van der Waals surface area contributed by atoms with E-state index in [0.717, 1.165) is 11.3 Å². The van der Waals surface area contributed by atoms with Crippen molar-refractivity contribution in [2.24, 2.45) is 4.99 Å². The second-order valence-electron chi connectivity index (χ2n) is 9.03. The van der Waals surface area contributed by atoms with Crippen molar-refractivity contribution < 1.29 is 18.9 Å². The van der Waals surface area contributed by atoms with Gasteiger partial charge in [-0.2, -0.15) is 0 Å². The molecule has 0 aliphatic carbocycles. The normalized spacial score (nSPS) is 15.3. The fourth-order valence-electron chi connectivity index (χ4n) is 4.40. The molecule has 0 saturated heterocycles. The Balaban J connectivity index is 1.65. The molecular formula is C28H22ClN3O6S. The number of furan rings is 1. The van der Waals surface area contributed by atoms with Crippen molar-refractivity contribution in [3.63, 3.8) is 0 Å². The number of nitro benzene ring substituents is 1. The first-order valence-electron chi connectivity index (χ1n) is 12.0. The van der Waals surface area contributed by atoms with Crippen LogP contribution in [0, 0.1) is 10.1 Å². The van der Waals surface area contributed by atoms with Crippen LogP contribution in [-0.2, 0) is 9.53 Å². The molecule has 1 aliphatic heterocycles. The number of para-hydroxylation sites is 1. The lowest BCUT2D eigenvalue weighted by Gasteiger charge is -2.26. The molecule has 9 nitrogen and oxygen atoms in total. The fourth-order valence-corrected chi connectivity index (χ4v) is 5.66. The number of aromatic nitrogens is 1. The van der Waals surface area contributed by atoms with E-state index < -0.39 is 22.5 Å². The van der Waals surface area contributed by atoms with Crippen LogP contribution in [0.2, 0.25) is 5.02 Å². The van der Waals surface area contributed by atoms with Crippen molar-refractivity contribution in [1.29, 1.82) is 0 Å². The zero-order chi connectivity index (χ0) is 27.8. The number of ether oxygens (including phenoxy) is 1. The molecule has 11 heteroatoms. The SMILES string of the molecule is CC1=C(C(=O)OC(C)C)C(c2ccccc2Cl)n2c(sc(=Cc3ccc(-c4ccccc4[N+](=O)[O-])o3)c2=O)=N1. The van der Waals surface area contributed by atoms with E-state index in [9.17, 15) is 19.7 Å². The Kier molecular flexibility index (Phi) is 7.07. The van der Waals surface area contributed by atoms with Crippen molar-refractivity contribution in [1.82, 2.24) is 4.57 Å². The van der Waals surface area contributed by atoms with E-state index in [2.05, 4.69) is 4.99 Å². The molecule has 1 aliphatic rings. The first-order valence-corrected chi connectivity index (χ1v) is 13.2. The second-order valence-corrected chi connectivity index (χ2v) is 10.4. The minimum absolute atomic E-state index is 0.0891. The molecule has 5 rings (SSSR count). The summed E-state index contributed by atoms with van der Waals surface area (Å²) in [6.07, 6.45) is 1.18. The number of carbonyl (C=O) groups is 1. The number of nitrogens with zero attached hydrogens (tertiary/aromatic N) is 3. The number of allylic oxidation sites excluding steroid dienone is 1. The van der Waals surface area contributed by atoms with Crippen LogP contribution in [0.25, 0.3) is 17.4 Å². The summed E-state index contributed by atoms with van der Waals surface area (Å²) in [4.78, 5) is 42.9. The average molecular weight is 564 g/mol. The Morgan fingerprint density at radius 2 is 1.90 bits per heavy atom. The Hall–Kier alpha value is -4.28. The summed E-state index contributed by atoms with van der Waals surface area (Å²) < 4.78 is 13.1. The van der Waals surface area contributed by atoms with Crippen molar-refractivity contribution in [3.8, 4) is 11.3 Å². The number of nitro groups is 1. The highest BCUT2D eigenvalue weighted by Crippen LogP contribution is 2.35. The molecule has 2 aromatic carbocycles. The standard InChI is InChI=1S/C28H22ClN3O6S/c1-15(2)37-27(34)24-16(3)30-28-31(25(24)18-8-4-6-10-20(18)29)26(33)23(39-28)14-17-12-13-22(38-17)19-9-5-7-11-21(19)32(35)36/h4-15,25H,1-3H3. The Bertz CT molecular complexity index is 1830. The summed E-state index contributed by atoms with van der Waals surface area (Å²) in [6, 6.07) is 15.7. The lowest BCUT2D eigenvalue weighted by molar-refractivity contribution is -0.384. The predicted molar refractivity (Wildman–Crippen MR) is 147 cm³/mol. The van der Waals surface area contributed by atoms with Gasteiger partial charge in [0.2, 0.25) is 0 Å². The van der Waals surface area contributed by atoms with Crippen LogP contribution in [-0.4, -0.2) is 21.6 Å². The van der Waals surface area contributed by atoms with E-state index in [1.54, 1.807) is 81.4 Å². The molecule has 39 heavy (non-hydrogen) atoms. The fraction of sp³-hybridized carbons (Fsp3) is 0.179. The summed E-state index contributed by atoms with van der Waals surface area (Å²) in [5.74, 6) is 0.0493. The molecule has 198 valence electrons. The maximum absolute atomic E-state index is 13.8. The van der Waals surface area contributed by atoms with Gasteiger partial charge in [-0.05, 0) is 50.6 Å². The molecule has 0 spiro atoms. The molecular weight excluding hydrogens is 542 g/mol. The Labute approximate surface area is 231 Å². The monoisotopic (exact) mass is 563 g/mol. The van der Waals surface area contributed by atoms with Crippen LogP contribution in [0.15, 0.2) is 86.1 Å². The first-order chi connectivity index (χ1) is 18.7. The maximum Gasteiger partial charge on any atom is 0.338 e. The van der Waals surface area contributed by atoms with Crippen LogP contribution in [0.5, 0.6) is 0 Å². The summed E-state index contributed by atoms with van der Waals surface area (Å²) >= 11 is 7.68. The van der Waals surface area contributed by atoms with Gasteiger partial charge < -0.3 is 9.15 Å². The summed E-state index contributed by atoms with van der Waals surface area (Å²) in [7, 11) is 0. The minimum atomic E-state index is -0.845. The molecule has 0 bridgehead atoms. The van der Waals surface area contributed by atoms with Crippen molar-refractivity contribution in [2.45, 2.75) is 32.9 Å². The molecule has 0 fully saturated rings. The van der Waals surface area contributed by atoms with Crippen LogP contribution in [0.4, 0.5) is 5.69 Å². The third kappa shape index (κ3) is 4.96. The number of thiazole rings is 1. The van der Waals surface area contributed by atoms with Crippen LogP contribution in [0.1, 0.15) is 38.1 Å². The zero-order valence-electron chi connectivity index (χ0n) is 21.1. The third-order valence-corrected chi connectivity index (χ3v) is 7.38. The summed E-state index contributed by atoms with van der Waals surface area (Å²) in [5.41, 5.74) is 1.06.